The molecular formula is C21H17N7O3. The zero-order valence-corrected chi connectivity index (χ0v) is 16.7. The Morgan fingerprint density at radius 3 is 2.35 bits per heavy atom. The molecule has 154 valence electrons. The van der Waals surface area contributed by atoms with Gasteiger partial charge in [-0.2, -0.15) is 10.2 Å². The largest absolute Gasteiger partial charge is 0.384 e. The molecule has 1 aromatic carbocycles. The summed E-state index contributed by atoms with van der Waals surface area (Å²) in [5.41, 5.74) is 9.58. The molecule has 0 fully saturated rings. The summed E-state index contributed by atoms with van der Waals surface area (Å²) in [6.07, 6.45) is 3.61. The van der Waals surface area contributed by atoms with Crippen LogP contribution in [0, 0.1) is 6.92 Å². The van der Waals surface area contributed by atoms with Gasteiger partial charge < -0.3 is 5.73 Å². The van der Waals surface area contributed by atoms with Crippen LogP contribution in [0.25, 0.3) is 22.6 Å². The predicted molar refractivity (Wildman–Crippen MR) is 112 cm³/mol. The number of anilines is 1. The van der Waals surface area contributed by atoms with E-state index in [4.69, 9.17) is 5.73 Å². The van der Waals surface area contributed by atoms with Crippen molar-refractivity contribution in [2.75, 3.05) is 5.73 Å². The van der Waals surface area contributed by atoms with Gasteiger partial charge in [0.2, 0.25) is 0 Å². The van der Waals surface area contributed by atoms with E-state index in [1.165, 1.54) is 4.57 Å². The highest BCUT2D eigenvalue weighted by Gasteiger charge is 2.31. The van der Waals surface area contributed by atoms with Gasteiger partial charge in [0.15, 0.2) is 0 Å². The third kappa shape index (κ3) is 2.76. The molecule has 0 spiro atoms. The van der Waals surface area contributed by atoms with E-state index in [1.54, 1.807) is 39.8 Å². The molecule has 0 radical (unpaired) electrons. The molecule has 10 nitrogen and oxygen atoms in total. The lowest BCUT2D eigenvalue weighted by Crippen LogP contribution is -2.24. The summed E-state index contributed by atoms with van der Waals surface area (Å²) in [6, 6.07) is 9.99. The minimum absolute atomic E-state index is 0.00450. The van der Waals surface area contributed by atoms with E-state index in [0.29, 0.717) is 5.69 Å². The number of pyridine rings is 1. The van der Waals surface area contributed by atoms with Crippen molar-refractivity contribution < 1.29 is 9.59 Å². The number of carbonyl (C=O) groups excluding carboxylic acids is 2. The molecule has 3 N–H and O–H groups in total. The lowest BCUT2D eigenvalue weighted by atomic mass is 10.1. The van der Waals surface area contributed by atoms with Crippen LogP contribution in [0.5, 0.6) is 0 Å². The molecule has 1 aliphatic heterocycles. The molecule has 0 bridgehead atoms. The number of benzene rings is 1. The lowest BCUT2D eigenvalue weighted by molar-refractivity contribution is 0.0880. The minimum Gasteiger partial charge on any atom is -0.384 e. The van der Waals surface area contributed by atoms with Gasteiger partial charge in [0.05, 0.1) is 34.4 Å². The fourth-order valence-electron chi connectivity index (χ4n) is 3.66. The number of nitrogens with two attached hydrogens (primary N) is 1. The van der Waals surface area contributed by atoms with Gasteiger partial charge in [0.25, 0.3) is 17.4 Å². The van der Waals surface area contributed by atoms with Crippen molar-refractivity contribution in [2.24, 2.45) is 7.05 Å². The normalized spacial score (nSPS) is 12.8. The molecule has 4 aromatic rings. The van der Waals surface area contributed by atoms with E-state index in [1.807, 2.05) is 26.2 Å². The van der Waals surface area contributed by atoms with Crippen molar-refractivity contribution in [1.82, 2.24) is 29.4 Å². The van der Waals surface area contributed by atoms with Gasteiger partial charge in [0.1, 0.15) is 5.82 Å². The number of hydrogen-bond acceptors (Lipinski definition) is 6. The number of rotatable bonds is 3. The van der Waals surface area contributed by atoms with Gasteiger partial charge in [-0.3, -0.25) is 28.9 Å². The smallest absolute Gasteiger partial charge is 0.262 e. The second kappa shape index (κ2) is 6.52. The number of nitrogen functional groups attached to an aromatic ring is 1. The molecule has 2 amide bonds. The fraction of sp³-hybridized carbons (Fsp3) is 0.0952. The van der Waals surface area contributed by atoms with Gasteiger partial charge >= 0.3 is 0 Å². The topological polar surface area (TPSA) is 130 Å². The number of hydrogen-bond donors (Lipinski definition) is 2. The van der Waals surface area contributed by atoms with Gasteiger partial charge in [0, 0.05) is 30.6 Å². The Kier molecular flexibility index (Phi) is 3.90. The second-order valence-electron chi connectivity index (χ2n) is 7.20. The summed E-state index contributed by atoms with van der Waals surface area (Å²) >= 11 is 0. The third-order valence-electron chi connectivity index (χ3n) is 5.43. The van der Waals surface area contributed by atoms with Crippen molar-refractivity contribution in [3.05, 3.63) is 76.0 Å². The lowest BCUT2D eigenvalue weighted by Gasteiger charge is -2.12. The van der Waals surface area contributed by atoms with Crippen molar-refractivity contribution >= 4 is 17.6 Å². The molecule has 10 heteroatoms. The van der Waals surface area contributed by atoms with Gasteiger partial charge in [-0.15, -0.1) is 0 Å². The Labute approximate surface area is 175 Å². The maximum atomic E-state index is 12.6. The predicted octanol–water partition coefficient (Wildman–Crippen LogP) is 1.20. The number of nitrogens with zero attached hydrogens (tertiary/aromatic N) is 5. The molecule has 3 aromatic heterocycles. The van der Waals surface area contributed by atoms with Crippen LogP contribution in [0.1, 0.15) is 26.4 Å². The standard InChI is InChI=1S/C21H17N7O3/c1-11-15(10-23-26(11)2)16-7-8-27(25-16)12-3-5-13(6-4-12)28-17(29)9-14-18(19(28)22)21(31)24-20(14)30/h3-10H,22H2,1-2H3,(H,24,30,31). The molecule has 5 rings (SSSR count). The number of imide groups is 1. The summed E-state index contributed by atoms with van der Waals surface area (Å²) < 4.78 is 4.70. The highest BCUT2D eigenvalue weighted by Crippen LogP contribution is 2.24. The van der Waals surface area contributed by atoms with Crippen LogP contribution in [0.3, 0.4) is 0 Å². The zero-order valence-electron chi connectivity index (χ0n) is 16.7. The molecule has 31 heavy (non-hydrogen) atoms. The van der Waals surface area contributed by atoms with Crippen LogP contribution >= 0.6 is 0 Å². The van der Waals surface area contributed by atoms with Gasteiger partial charge in [-0.1, -0.05) is 0 Å². The molecule has 0 saturated heterocycles. The molecule has 0 unspecified atom stereocenters. The molecule has 4 heterocycles. The Balaban J connectivity index is 1.52. The summed E-state index contributed by atoms with van der Waals surface area (Å²) in [5, 5.41) is 11.0. The van der Waals surface area contributed by atoms with Crippen molar-refractivity contribution in [3.63, 3.8) is 0 Å². The van der Waals surface area contributed by atoms with Gasteiger partial charge in [-0.25, -0.2) is 4.68 Å². The van der Waals surface area contributed by atoms with Crippen LogP contribution < -0.4 is 16.6 Å². The molecule has 1 aliphatic rings. The number of amides is 2. The maximum absolute atomic E-state index is 12.6. The SMILES string of the molecule is Cc1c(-c2ccn(-c3ccc(-n4c(N)c5c(cc4=O)C(=O)NC5=O)cc3)n2)cnn1C. The zero-order chi connectivity index (χ0) is 21.9. The minimum atomic E-state index is -0.621. The van der Waals surface area contributed by atoms with Gasteiger partial charge in [-0.05, 0) is 37.3 Å². The summed E-state index contributed by atoms with van der Waals surface area (Å²) in [5.74, 6) is -1.31. The van der Waals surface area contributed by atoms with E-state index in [-0.39, 0.29) is 16.9 Å². The van der Waals surface area contributed by atoms with Crippen LogP contribution in [-0.4, -0.2) is 35.9 Å². The first-order chi connectivity index (χ1) is 14.8. The van der Waals surface area contributed by atoms with E-state index in [0.717, 1.165) is 28.7 Å². The van der Waals surface area contributed by atoms with Crippen LogP contribution in [-0.2, 0) is 7.05 Å². The first kappa shape index (κ1) is 18.6. The van der Waals surface area contributed by atoms with Crippen molar-refractivity contribution in [1.29, 1.82) is 0 Å². The summed E-state index contributed by atoms with van der Waals surface area (Å²) in [6.45, 7) is 1.97. The Bertz CT molecular complexity index is 1440. The van der Waals surface area contributed by atoms with E-state index >= 15 is 0 Å². The number of nitrogens with one attached hydrogen (secondary N) is 1. The summed E-state index contributed by atoms with van der Waals surface area (Å²) in [4.78, 5) is 36.4. The van der Waals surface area contributed by atoms with E-state index < -0.39 is 17.4 Å². The monoisotopic (exact) mass is 415 g/mol. The van der Waals surface area contributed by atoms with Crippen LogP contribution in [0.15, 0.2) is 53.6 Å². The maximum Gasteiger partial charge on any atom is 0.262 e. The van der Waals surface area contributed by atoms with E-state index in [2.05, 4.69) is 15.5 Å². The highest BCUT2D eigenvalue weighted by molar-refractivity contribution is 6.23. The third-order valence-corrected chi connectivity index (χ3v) is 5.43. The fourth-order valence-corrected chi connectivity index (χ4v) is 3.66. The number of carbonyl (C=O) groups is 2. The Morgan fingerprint density at radius 2 is 1.68 bits per heavy atom. The van der Waals surface area contributed by atoms with E-state index in [9.17, 15) is 14.4 Å². The molecule has 0 aliphatic carbocycles. The summed E-state index contributed by atoms with van der Waals surface area (Å²) in [7, 11) is 1.88. The van der Waals surface area contributed by atoms with Crippen LogP contribution in [0.4, 0.5) is 5.82 Å². The Hall–Kier alpha value is -4.47. The average molecular weight is 415 g/mol. The molecule has 0 atom stereocenters. The first-order valence-electron chi connectivity index (χ1n) is 9.42. The quantitative estimate of drug-likeness (QED) is 0.484. The molecular weight excluding hydrogens is 398 g/mol. The number of aromatic nitrogens is 5. The highest BCUT2D eigenvalue weighted by atomic mass is 16.2. The molecule has 0 saturated carbocycles. The number of fused-ring (bicyclic) bond motifs is 1. The first-order valence-corrected chi connectivity index (χ1v) is 9.42. The van der Waals surface area contributed by atoms with Crippen molar-refractivity contribution in [3.8, 4) is 22.6 Å². The Morgan fingerprint density at radius 1 is 0.968 bits per heavy atom. The average Bonchev–Trinajstić information content (AvgIpc) is 3.42. The number of aryl methyl sites for hydroxylation is 1. The van der Waals surface area contributed by atoms with Crippen molar-refractivity contribution in [2.45, 2.75) is 6.92 Å². The second-order valence-corrected chi connectivity index (χ2v) is 7.20. The van der Waals surface area contributed by atoms with Crippen LogP contribution in [0.2, 0.25) is 0 Å².